The summed E-state index contributed by atoms with van der Waals surface area (Å²) in [5.74, 6) is -1.25. The number of esters is 1. The molecule has 2 aromatic carbocycles. The first kappa shape index (κ1) is 31.0. The number of para-hydroxylation sites is 1. The lowest BCUT2D eigenvalue weighted by atomic mass is 10.0. The Hall–Kier alpha value is -5.21. The monoisotopic (exact) mass is 558 g/mol. The number of nitro benzene ring substituents is 1. The molecular weight excluding hydrogens is 528 g/mol. The fourth-order valence-electron chi connectivity index (χ4n) is 3.60. The molecule has 0 aliphatic rings. The van der Waals surface area contributed by atoms with E-state index >= 15 is 0 Å². The molecule has 0 fully saturated rings. The Kier molecular flexibility index (Phi) is 11.8. The first-order valence-electron chi connectivity index (χ1n) is 12.1. The van der Waals surface area contributed by atoms with Crippen molar-refractivity contribution in [3.05, 3.63) is 64.2 Å². The molecule has 2 aromatic rings. The number of carbonyl (C=O) groups is 5. The number of benzene rings is 2. The van der Waals surface area contributed by atoms with E-state index in [4.69, 9.17) is 20.9 Å². The lowest BCUT2D eigenvalue weighted by Gasteiger charge is -2.25. The predicted octanol–water partition coefficient (Wildman–Crippen LogP) is 1.14. The molecule has 0 aliphatic heterocycles. The lowest BCUT2D eigenvalue weighted by Crippen LogP contribution is -2.48. The summed E-state index contributed by atoms with van der Waals surface area (Å²) in [7, 11) is 0. The maximum absolute atomic E-state index is 12.6. The highest BCUT2D eigenvalue weighted by Gasteiger charge is 2.25. The summed E-state index contributed by atoms with van der Waals surface area (Å²) in [4.78, 5) is 69.4. The Morgan fingerprint density at radius 3 is 2.33 bits per heavy atom. The molecule has 15 nitrogen and oxygen atoms in total. The van der Waals surface area contributed by atoms with Gasteiger partial charge in [0.2, 0.25) is 0 Å². The van der Waals surface area contributed by atoms with Crippen LogP contribution in [0.4, 0.5) is 21.0 Å². The number of carbonyl (C=O) groups excluding carboxylic acids is 5. The zero-order chi connectivity index (χ0) is 29.7. The SMILES string of the molecule is CC[C@H](OC(N)=O)C(=O)NC(C=O)CC(CNC(N)=O)Nc1ccccc1CC(=O)Oc1ccc([N+](=O)[O-])cc1. The van der Waals surface area contributed by atoms with E-state index in [0.29, 0.717) is 17.5 Å². The largest absolute Gasteiger partial charge is 0.436 e. The molecule has 7 N–H and O–H groups in total. The second-order valence-corrected chi connectivity index (χ2v) is 8.47. The topological polar surface area (TPSA) is 235 Å². The van der Waals surface area contributed by atoms with Crippen molar-refractivity contribution in [3.63, 3.8) is 0 Å². The number of nitrogens with zero attached hydrogens (tertiary/aromatic N) is 1. The fourth-order valence-corrected chi connectivity index (χ4v) is 3.60. The Labute approximate surface area is 228 Å². The van der Waals surface area contributed by atoms with Crippen molar-refractivity contribution in [1.82, 2.24) is 10.6 Å². The third-order valence-corrected chi connectivity index (χ3v) is 5.47. The summed E-state index contributed by atoms with van der Waals surface area (Å²) in [6.07, 6.45) is -1.94. The summed E-state index contributed by atoms with van der Waals surface area (Å²) >= 11 is 0. The predicted molar refractivity (Wildman–Crippen MR) is 141 cm³/mol. The zero-order valence-electron chi connectivity index (χ0n) is 21.5. The van der Waals surface area contributed by atoms with Crippen LogP contribution in [-0.4, -0.2) is 59.9 Å². The van der Waals surface area contributed by atoms with Crippen LogP contribution >= 0.6 is 0 Å². The normalized spacial score (nSPS) is 12.6. The van der Waals surface area contributed by atoms with Gasteiger partial charge in [0.25, 0.3) is 11.6 Å². The summed E-state index contributed by atoms with van der Waals surface area (Å²) in [6.45, 7) is 1.54. The van der Waals surface area contributed by atoms with Gasteiger partial charge in [-0.25, -0.2) is 9.59 Å². The van der Waals surface area contributed by atoms with Gasteiger partial charge < -0.3 is 41.7 Å². The quantitative estimate of drug-likeness (QED) is 0.0687. The number of amides is 4. The molecule has 15 heteroatoms. The van der Waals surface area contributed by atoms with Crippen LogP contribution < -0.4 is 32.2 Å². The van der Waals surface area contributed by atoms with E-state index in [1.165, 1.54) is 24.3 Å². The number of ether oxygens (including phenoxy) is 2. The van der Waals surface area contributed by atoms with Crippen molar-refractivity contribution >= 4 is 41.7 Å². The van der Waals surface area contributed by atoms with Crippen LogP contribution in [0.1, 0.15) is 25.3 Å². The molecule has 0 saturated carbocycles. The molecule has 0 aliphatic carbocycles. The van der Waals surface area contributed by atoms with Crippen LogP contribution in [0.5, 0.6) is 5.75 Å². The van der Waals surface area contributed by atoms with Gasteiger partial charge in [-0.1, -0.05) is 25.1 Å². The summed E-state index contributed by atoms with van der Waals surface area (Å²) in [5.41, 5.74) is 11.0. The van der Waals surface area contributed by atoms with Gasteiger partial charge >= 0.3 is 18.1 Å². The average molecular weight is 559 g/mol. The number of non-ortho nitro benzene ring substituents is 1. The van der Waals surface area contributed by atoms with Gasteiger partial charge in [-0.15, -0.1) is 0 Å². The summed E-state index contributed by atoms with van der Waals surface area (Å²) < 4.78 is 10.0. The standard InChI is InChI=1S/C25H30N6O9/c1-2-21(40-25(27)36)23(34)30-17(14-32)12-16(13-28-24(26)35)29-20-6-4-3-5-15(20)11-22(33)39-19-9-7-18(8-10-19)31(37)38/h3-10,14,16-17,21,29H,2,11-13H2,1H3,(H2,27,36)(H,30,34)(H3,26,28,35)/t16?,17?,21-/m0/s1. The Morgan fingerprint density at radius 1 is 1.07 bits per heavy atom. The Morgan fingerprint density at radius 2 is 1.75 bits per heavy atom. The number of anilines is 1. The van der Waals surface area contributed by atoms with Crippen LogP contribution in [0.25, 0.3) is 0 Å². The molecule has 40 heavy (non-hydrogen) atoms. The van der Waals surface area contributed by atoms with E-state index in [2.05, 4.69) is 16.0 Å². The molecule has 0 bridgehead atoms. The molecule has 0 spiro atoms. The number of primary amides is 2. The smallest absolute Gasteiger partial charge is 0.405 e. The van der Waals surface area contributed by atoms with Crippen molar-refractivity contribution < 1.29 is 38.4 Å². The Balaban J connectivity index is 2.14. The van der Waals surface area contributed by atoms with E-state index in [1.807, 2.05) is 0 Å². The minimum atomic E-state index is -1.20. The maximum Gasteiger partial charge on any atom is 0.405 e. The van der Waals surface area contributed by atoms with Crippen molar-refractivity contribution in [3.8, 4) is 5.75 Å². The highest BCUT2D eigenvalue weighted by atomic mass is 16.6. The molecule has 0 radical (unpaired) electrons. The summed E-state index contributed by atoms with van der Waals surface area (Å²) in [6, 6.07) is 9.19. The van der Waals surface area contributed by atoms with E-state index in [9.17, 15) is 34.1 Å². The zero-order valence-corrected chi connectivity index (χ0v) is 21.5. The lowest BCUT2D eigenvalue weighted by molar-refractivity contribution is -0.384. The van der Waals surface area contributed by atoms with E-state index in [-0.39, 0.29) is 37.2 Å². The first-order valence-corrected chi connectivity index (χ1v) is 12.1. The number of aldehydes is 1. The molecule has 0 heterocycles. The van der Waals surface area contributed by atoms with Gasteiger partial charge in [0.1, 0.15) is 12.0 Å². The number of hydrogen-bond donors (Lipinski definition) is 5. The number of nitro groups is 1. The first-order chi connectivity index (χ1) is 19.0. The minimum Gasteiger partial charge on any atom is -0.436 e. The van der Waals surface area contributed by atoms with Gasteiger partial charge in [0.15, 0.2) is 6.10 Å². The minimum absolute atomic E-state index is 0.0237. The van der Waals surface area contributed by atoms with Gasteiger partial charge in [-0.05, 0) is 36.6 Å². The maximum atomic E-state index is 12.6. The number of urea groups is 1. The van der Waals surface area contributed by atoms with Gasteiger partial charge in [-0.2, -0.15) is 0 Å². The van der Waals surface area contributed by atoms with Crippen molar-refractivity contribution in [2.45, 2.75) is 44.4 Å². The van der Waals surface area contributed by atoms with Crippen LogP contribution in [0.2, 0.25) is 0 Å². The van der Waals surface area contributed by atoms with Crippen LogP contribution in [-0.2, 0) is 25.5 Å². The highest BCUT2D eigenvalue weighted by Crippen LogP contribution is 2.21. The van der Waals surface area contributed by atoms with Crippen LogP contribution in [0, 0.1) is 10.1 Å². The second-order valence-electron chi connectivity index (χ2n) is 8.47. The van der Waals surface area contributed by atoms with Crippen molar-refractivity contribution in [2.24, 2.45) is 11.5 Å². The molecular formula is C25H30N6O9. The molecule has 2 rings (SSSR count). The molecule has 2 unspecified atom stereocenters. The number of nitrogens with one attached hydrogen (secondary N) is 3. The Bertz CT molecular complexity index is 1220. The van der Waals surface area contributed by atoms with Crippen molar-refractivity contribution in [2.75, 3.05) is 11.9 Å². The third kappa shape index (κ3) is 10.3. The van der Waals surface area contributed by atoms with Gasteiger partial charge in [0.05, 0.1) is 17.4 Å². The van der Waals surface area contributed by atoms with Gasteiger partial charge in [0, 0.05) is 30.4 Å². The molecule has 4 amide bonds. The molecule has 0 aromatic heterocycles. The number of rotatable bonds is 15. The fraction of sp³-hybridized carbons (Fsp3) is 0.320. The average Bonchev–Trinajstić information content (AvgIpc) is 2.90. The molecule has 3 atom stereocenters. The third-order valence-electron chi connectivity index (χ3n) is 5.47. The second kappa shape index (κ2) is 15.3. The highest BCUT2D eigenvalue weighted by molar-refractivity contribution is 5.85. The van der Waals surface area contributed by atoms with Gasteiger partial charge in [-0.3, -0.25) is 19.7 Å². The molecule has 0 saturated heterocycles. The van der Waals surface area contributed by atoms with E-state index in [0.717, 1.165) is 0 Å². The van der Waals surface area contributed by atoms with Crippen LogP contribution in [0.15, 0.2) is 48.5 Å². The number of nitrogens with two attached hydrogens (primary N) is 2. The van der Waals surface area contributed by atoms with E-state index < -0.39 is 47.1 Å². The number of hydrogen-bond acceptors (Lipinski definition) is 10. The van der Waals surface area contributed by atoms with Crippen molar-refractivity contribution in [1.29, 1.82) is 0 Å². The van der Waals surface area contributed by atoms with Crippen LogP contribution in [0.3, 0.4) is 0 Å². The molecule has 214 valence electrons. The van der Waals surface area contributed by atoms with E-state index in [1.54, 1.807) is 31.2 Å². The summed E-state index contributed by atoms with van der Waals surface area (Å²) in [5, 5.41) is 18.8.